The van der Waals surface area contributed by atoms with Gasteiger partial charge in [-0.1, -0.05) is 97.3 Å². The highest BCUT2D eigenvalue weighted by atomic mass is 16.6. The van der Waals surface area contributed by atoms with Crippen LogP contribution >= 0.6 is 0 Å². The molecule has 0 amide bonds. The molecular weight excluding hydrogens is 402 g/mol. The lowest BCUT2D eigenvalue weighted by Crippen LogP contribution is -2.44. The Balaban J connectivity index is 4.05. The molecule has 0 N–H and O–H groups in total. The first-order valence-electron chi connectivity index (χ1n) is 13.4. The molecule has 0 radical (unpaired) electrons. The van der Waals surface area contributed by atoms with Crippen molar-refractivity contribution in [1.82, 2.24) is 0 Å². The lowest BCUT2D eigenvalue weighted by molar-refractivity contribution is -0.873. The standard InChI is InChI=1S/C27H54NO4/c1-6-8-10-12-13-14-15-16-17-19-21-26(29)32-25(24-28(3,4)5)23-27(30)31-22-20-18-11-9-7-2/h25H,6-24H2,1-5H3/q+1. The van der Waals surface area contributed by atoms with E-state index in [1.54, 1.807) is 0 Å². The van der Waals surface area contributed by atoms with Crippen molar-refractivity contribution in [2.45, 2.75) is 129 Å². The highest BCUT2D eigenvalue weighted by Gasteiger charge is 2.25. The molecular formula is C27H54NO4+. The fourth-order valence-electron chi connectivity index (χ4n) is 3.89. The normalized spacial score (nSPS) is 12.5. The number of hydrogen-bond donors (Lipinski definition) is 0. The van der Waals surface area contributed by atoms with E-state index in [1.165, 1.54) is 70.6 Å². The molecule has 0 spiro atoms. The molecule has 5 heteroatoms. The number of ether oxygens (including phenoxy) is 2. The van der Waals surface area contributed by atoms with E-state index in [1.807, 2.05) is 21.1 Å². The number of esters is 2. The van der Waals surface area contributed by atoms with Gasteiger partial charge in [0.05, 0.1) is 34.2 Å². The number of carbonyl (C=O) groups is 2. The number of unbranched alkanes of at least 4 members (excludes halogenated alkanes) is 13. The molecule has 0 bridgehead atoms. The summed E-state index contributed by atoms with van der Waals surface area (Å²) < 4.78 is 11.7. The number of nitrogens with zero attached hydrogens (tertiary/aromatic N) is 1. The van der Waals surface area contributed by atoms with Crippen LogP contribution in [0.3, 0.4) is 0 Å². The van der Waals surface area contributed by atoms with Crippen LogP contribution in [0, 0.1) is 0 Å². The Morgan fingerprint density at radius 3 is 1.62 bits per heavy atom. The third-order valence-electron chi connectivity index (χ3n) is 5.69. The fourth-order valence-corrected chi connectivity index (χ4v) is 3.89. The lowest BCUT2D eigenvalue weighted by atomic mass is 10.1. The first kappa shape index (κ1) is 30.9. The Labute approximate surface area is 199 Å². The van der Waals surface area contributed by atoms with Crippen LogP contribution < -0.4 is 0 Å². The van der Waals surface area contributed by atoms with E-state index < -0.39 is 6.10 Å². The molecule has 32 heavy (non-hydrogen) atoms. The summed E-state index contributed by atoms with van der Waals surface area (Å²) in [6, 6.07) is 0. The van der Waals surface area contributed by atoms with Crippen molar-refractivity contribution < 1.29 is 23.5 Å². The summed E-state index contributed by atoms with van der Waals surface area (Å²) in [5.74, 6) is -0.443. The average molecular weight is 457 g/mol. The second-order valence-corrected chi connectivity index (χ2v) is 10.4. The Morgan fingerprint density at radius 2 is 1.12 bits per heavy atom. The molecule has 0 aromatic carbocycles. The van der Waals surface area contributed by atoms with Gasteiger partial charge in [0.1, 0.15) is 6.54 Å². The smallest absolute Gasteiger partial charge is 0.309 e. The SMILES string of the molecule is CCCCCCCCCCCCC(=O)OC(CC(=O)OCCCCCCC)C[N+](C)(C)C. The van der Waals surface area contributed by atoms with Crippen LogP contribution in [0.5, 0.6) is 0 Å². The molecule has 0 aromatic heterocycles. The minimum atomic E-state index is -0.418. The van der Waals surface area contributed by atoms with E-state index in [0.29, 0.717) is 24.1 Å². The van der Waals surface area contributed by atoms with Crippen molar-refractivity contribution in [3.05, 3.63) is 0 Å². The first-order chi connectivity index (χ1) is 15.3. The Morgan fingerprint density at radius 1 is 0.656 bits per heavy atom. The molecule has 0 aliphatic heterocycles. The number of quaternary nitrogens is 1. The second kappa shape index (κ2) is 20.5. The van der Waals surface area contributed by atoms with Gasteiger partial charge in [-0.2, -0.15) is 0 Å². The van der Waals surface area contributed by atoms with Gasteiger partial charge in [-0.3, -0.25) is 9.59 Å². The highest BCUT2D eigenvalue weighted by Crippen LogP contribution is 2.13. The van der Waals surface area contributed by atoms with Crippen LogP contribution in [-0.2, 0) is 19.1 Å². The van der Waals surface area contributed by atoms with Crippen LogP contribution in [0.1, 0.15) is 123 Å². The topological polar surface area (TPSA) is 52.6 Å². The van der Waals surface area contributed by atoms with E-state index in [-0.39, 0.29) is 18.4 Å². The molecule has 0 aromatic rings. The van der Waals surface area contributed by atoms with Crippen LogP contribution in [-0.4, -0.2) is 56.8 Å². The monoisotopic (exact) mass is 456 g/mol. The van der Waals surface area contributed by atoms with Gasteiger partial charge in [-0.15, -0.1) is 0 Å². The minimum Gasteiger partial charge on any atom is -0.466 e. The maximum Gasteiger partial charge on any atom is 0.309 e. The zero-order valence-corrected chi connectivity index (χ0v) is 22.1. The molecule has 5 nitrogen and oxygen atoms in total. The van der Waals surface area contributed by atoms with E-state index in [4.69, 9.17) is 9.47 Å². The predicted octanol–water partition coefficient (Wildman–Crippen LogP) is 6.82. The molecule has 1 unspecified atom stereocenters. The van der Waals surface area contributed by atoms with Gasteiger partial charge in [0.2, 0.25) is 0 Å². The molecule has 0 aliphatic carbocycles. The fraction of sp³-hybridized carbons (Fsp3) is 0.926. The average Bonchev–Trinajstić information content (AvgIpc) is 2.70. The Hall–Kier alpha value is -1.10. The van der Waals surface area contributed by atoms with Crippen LogP contribution in [0.4, 0.5) is 0 Å². The largest absolute Gasteiger partial charge is 0.466 e. The van der Waals surface area contributed by atoms with E-state index in [0.717, 1.165) is 25.7 Å². The summed E-state index contributed by atoms with van der Waals surface area (Å²) in [7, 11) is 6.13. The lowest BCUT2D eigenvalue weighted by Gasteiger charge is -2.28. The van der Waals surface area contributed by atoms with Crippen LogP contribution in [0.25, 0.3) is 0 Å². The number of hydrogen-bond acceptors (Lipinski definition) is 4. The zero-order valence-electron chi connectivity index (χ0n) is 22.1. The predicted molar refractivity (Wildman–Crippen MR) is 134 cm³/mol. The number of likely N-dealkylation sites (N-methyl/N-ethyl adjacent to an activating group) is 1. The first-order valence-corrected chi connectivity index (χ1v) is 13.4. The van der Waals surface area contributed by atoms with Crippen molar-refractivity contribution in [1.29, 1.82) is 0 Å². The second-order valence-electron chi connectivity index (χ2n) is 10.4. The zero-order chi connectivity index (χ0) is 24.1. The van der Waals surface area contributed by atoms with Crippen LogP contribution in [0.15, 0.2) is 0 Å². The van der Waals surface area contributed by atoms with Gasteiger partial charge >= 0.3 is 11.9 Å². The van der Waals surface area contributed by atoms with Crippen molar-refractivity contribution in [2.75, 3.05) is 34.3 Å². The summed E-state index contributed by atoms with van der Waals surface area (Å²) in [5, 5.41) is 0. The maximum atomic E-state index is 12.3. The molecule has 0 saturated heterocycles. The summed E-state index contributed by atoms with van der Waals surface area (Å²) in [4.78, 5) is 24.6. The van der Waals surface area contributed by atoms with Crippen LogP contribution in [0.2, 0.25) is 0 Å². The van der Waals surface area contributed by atoms with Gasteiger partial charge in [-0.25, -0.2) is 0 Å². The Bertz CT molecular complexity index is 459. The molecule has 0 fully saturated rings. The molecule has 0 heterocycles. The summed E-state index contributed by atoms with van der Waals surface area (Å²) in [6.07, 6.45) is 18.2. The Kier molecular flexibility index (Phi) is 19.8. The molecule has 1 atom stereocenters. The van der Waals surface area contributed by atoms with Gasteiger partial charge in [0, 0.05) is 6.42 Å². The van der Waals surface area contributed by atoms with E-state index in [9.17, 15) is 9.59 Å². The van der Waals surface area contributed by atoms with Crippen molar-refractivity contribution in [3.63, 3.8) is 0 Å². The minimum absolute atomic E-state index is 0.147. The molecule has 0 saturated carbocycles. The van der Waals surface area contributed by atoms with E-state index in [2.05, 4.69) is 13.8 Å². The molecule has 0 rings (SSSR count). The van der Waals surface area contributed by atoms with Crippen molar-refractivity contribution >= 4 is 11.9 Å². The third kappa shape index (κ3) is 22.1. The highest BCUT2D eigenvalue weighted by molar-refractivity contribution is 5.72. The van der Waals surface area contributed by atoms with Gasteiger partial charge < -0.3 is 14.0 Å². The number of carbonyl (C=O) groups excluding carboxylic acids is 2. The molecule has 0 aliphatic rings. The summed E-state index contributed by atoms with van der Waals surface area (Å²) in [6.45, 7) is 5.50. The van der Waals surface area contributed by atoms with Crippen molar-refractivity contribution in [3.8, 4) is 0 Å². The van der Waals surface area contributed by atoms with E-state index >= 15 is 0 Å². The maximum absolute atomic E-state index is 12.3. The van der Waals surface area contributed by atoms with Gasteiger partial charge in [-0.05, 0) is 12.8 Å². The molecule has 190 valence electrons. The quantitative estimate of drug-likeness (QED) is 0.102. The van der Waals surface area contributed by atoms with Gasteiger partial charge in [0.25, 0.3) is 0 Å². The summed E-state index contributed by atoms with van der Waals surface area (Å²) >= 11 is 0. The van der Waals surface area contributed by atoms with Gasteiger partial charge in [0.15, 0.2) is 6.10 Å². The third-order valence-corrected chi connectivity index (χ3v) is 5.69. The number of rotatable bonds is 22. The van der Waals surface area contributed by atoms with Crippen molar-refractivity contribution in [2.24, 2.45) is 0 Å². The summed E-state index contributed by atoms with van der Waals surface area (Å²) in [5.41, 5.74) is 0.